The normalized spacial score (nSPS) is 10.4. The molecule has 0 aliphatic heterocycles. The van der Waals surface area contributed by atoms with Crippen LogP contribution in [0.3, 0.4) is 0 Å². The van der Waals surface area contributed by atoms with Crippen LogP contribution in [0.5, 0.6) is 0 Å². The van der Waals surface area contributed by atoms with E-state index >= 15 is 0 Å². The molecule has 148 valence electrons. The molecule has 29 heavy (non-hydrogen) atoms. The number of pyridine rings is 1. The highest BCUT2D eigenvalue weighted by molar-refractivity contribution is 7.80. The maximum atomic E-state index is 14.0. The molecule has 0 atom stereocenters. The number of nitrogens with one attached hydrogen (secondary N) is 1. The van der Waals surface area contributed by atoms with E-state index in [4.69, 9.17) is 5.11 Å². The molecule has 3 nitrogen and oxygen atoms in total. The predicted molar refractivity (Wildman–Crippen MR) is 120 cm³/mol. The van der Waals surface area contributed by atoms with Crippen LogP contribution in [0.1, 0.15) is 5.56 Å². The molecule has 5 heteroatoms. The molecule has 0 aliphatic carbocycles. The van der Waals surface area contributed by atoms with E-state index in [1.54, 1.807) is 12.3 Å². The molecule has 0 saturated carbocycles. The Morgan fingerprint density at radius 1 is 0.966 bits per heavy atom. The second-order valence-corrected chi connectivity index (χ2v) is 6.94. The third-order valence-corrected chi connectivity index (χ3v) is 4.78. The maximum Gasteiger partial charge on any atom is 0.131 e. The first-order valence-electron chi connectivity index (χ1n) is 9.36. The Morgan fingerprint density at radius 2 is 1.79 bits per heavy atom. The fourth-order valence-electron chi connectivity index (χ4n) is 2.94. The van der Waals surface area contributed by atoms with E-state index in [0.717, 1.165) is 26.8 Å². The first-order chi connectivity index (χ1) is 14.2. The van der Waals surface area contributed by atoms with Crippen molar-refractivity contribution in [3.05, 3.63) is 96.6 Å². The lowest BCUT2D eigenvalue weighted by atomic mass is 10.0. The lowest BCUT2D eigenvalue weighted by Crippen LogP contribution is -2.17. The van der Waals surface area contributed by atoms with Gasteiger partial charge in [-0.05, 0) is 34.7 Å². The third-order valence-electron chi connectivity index (χ3n) is 4.39. The number of hydrogen-bond acceptors (Lipinski definition) is 4. The molecule has 1 heterocycles. The van der Waals surface area contributed by atoms with Crippen molar-refractivity contribution in [2.45, 2.75) is 11.4 Å². The summed E-state index contributed by atoms with van der Waals surface area (Å²) in [7, 11) is 0. The van der Waals surface area contributed by atoms with Crippen LogP contribution in [-0.2, 0) is 6.54 Å². The highest BCUT2D eigenvalue weighted by Gasteiger charge is 2.05. The lowest BCUT2D eigenvalue weighted by Gasteiger charge is -2.07. The Bertz CT molecular complexity index is 1050. The van der Waals surface area contributed by atoms with Crippen molar-refractivity contribution in [2.75, 3.05) is 13.2 Å². The van der Waals surface area contributed by atoms with Gasteiger partial charge < -0.3 is 10.4 Å². The first kappa shape index (κ1) is 21.0. The van der Waals surface area contributed by atoms with Gasteiger partial charge in [-0.15, -0.1) is 12.6 Å². The molecule has 0 unspecified atom stereocenters. The molecule has 0 bridgehead atoms. The van der Waals surface area contributed by atoms with Gasteiger partial charge in [0.15, 0.2) is 0 Å². The molecule has 4 rings (SSSR count). The summed E-state index contributed by atoms with van der Waals surface area (Å²) < 4.78 is 14.0. The van der Waals surface area contributed by atoms with Gasteiger partial charge in [0.05, 0.1) is 6.61 Å². The minimum Gasteiger partial charge on any atom is -0.395 e. The van der Waals surface area contributed by atoms with E-state index in [2.05, 4.69) is 22.9 Å². The molecule has 0 spiro atoms. The van der Waals surface area contributed by atoms with Gasteiger partial charge in [-0.2, -0.15) is 0 Å². The molecule has 3 aromatic carbocycles. The molecule has 0 amide bonds. The number of aliphatic hydroxyl groups excluding tert-OH is 1. The number of benzene rings is 3. The molecule has 0 aliphatic rings. The van der Waals surface area contributed by atoms with Gasteiger partial charge >= 0.3 is 0 Å². The van der Waals surface area contributed by atoms with Gasteiger partial charge in [0, 0.05) is 41.3 Å². The summed E-state index contributed by atoms with van der Waals surface area (Å²) in [5.41, 5.74) is 2.37. The average molecular weight is 407 g/mol. The Kier molecular flexibility index (Phi) is 7.76. The summed E-state index contributed by atoms with van der Waals surface area (Å²) >= 11 is 4.32. The van der Waals surface area contributed by atoms with Crippen molar-refractivity contribution in [1.82, 2.24) is 10.3 Å². The SMILES string of the molecule is OCCNCc1ccc(-c2ccccc2)c(F)c1.Sc1cccc2cnccc12. The van der Waals surface area contributed by atoms with Crippen molar-refractivity contribution in [1.29, 1.82) is 0 Å². The summed E-state index contributed by atoms with van der Waals surface area (Å²) in [6.07, 6.45) is 3.62. The molecule has 0 saturated heterocycles. The Hall–Kier alpha value is -2.73. The number of halogens is 1. The summed E-state index contributed by atoms with van der Waals surface area (Å²) in [5.74, 6) is -0.218. The van der Waals surface area contributed by atoms with E-state index in [0.29, 0.717) is 18.7 Å². The standard InChI is InChI=1S/C15H16FNO.C9H7NS/c16-15-10-12(11-17-8-9-18)6-7-14(15)13-4-2-1-3-5-13;11-9-3-1-2-7-6-10-5-4-8(7)9/h1-7,10,17-18H,8-9,11H2;1-6,11H. The fraction of sp³-hybridized carbons (Fsp3) is 0.125. The van der Waals surface area contributed by atoms with Crippen molar-refractivity contribution in [2.24, 2.45) is 0 Å². The highest BCUT2D eigenvalue weighted by atomic mass is 32.1. The zero-order valence-corrected chi connectivity index (χ0v) is 16.8. The van der Waals surface area contributed by atoms with Crippen LogP contribution >= 0.6 is 12.6 Å². The smallest absolute Gasteiger partial charge is 0.131 e. The van der Waals surface area contributed by atoms with Gasteiger partial charge in [-0.1, -0.05) is 54.6 Å². The maximum absolute atomic E-state index is 14.0. The minimum atomic E-state index is -0.218. The quantitative estimate of drug-likeness (QED) is 0.319. The molecule has 2 N–H and O–H groups in total. The average Bonchev–Trinajstić information content (AvgIpc) is 2.76. The molecular formula is C24H23FN2OS. The number of aromatic nitrogens is 1. The molecular weight excluding hydrogens is 383 g/mol. The number of fused-ring (bicyclic) bond motifs is 1. The predicted octanol–water partition coefficient (Wildman–Crippen LogP) is 5.10. The van der Waals surface area contributed by atoms with E-state index in [-0.39, 0.29) is 12.4 Å². The first-order valence-corrected chi connectivity index (χ1v) is 9.81. The number of aliphatic hydroxyl groups is 1. The lowest BCUT2D eigenvalue weighted by molar-refractivity contribution is 0.292. The Labute approximate surface area is 175 Å². The van der Waals surface area contributed by atoms with Gasteiger partial charge in [0.25, 0.3) is 0 Å². The van der Waals surface area contributed by atoms with Gasteiger partial charge in [0.1, 0.15) is 5.82 Å². The van der Waals surface area contributed by atoms with Gasteiger partial charge in [-0.25, -0.2) is 4.39 Å². The third kappa shape index (κ3) is 5.87. The van der Waals surface area contributed by atoms with E-state index < -0.39 is 0 Å². The van der Waals surface area contributed by atoms with Gasteiger partial charge in [-0.3, -0.25) is 4.98 Å². The molecule has 1 aromatic heterocycles. The van der Waals surface area contributed by atoms with Crippen LogP contribution in [0.2, 0.25) is 0 Å². The van der Waals surface area contributed by atoms with Crippen molar-refractivity contribution < 1.29 is 9.50 Å². The fourth-order valence-corrected chi connectivity index (χ4v) is 3.23. The zero-order chi connectivity index (χ0) is 20.5. The number of thiol groups is 1. The summed E-state index contributed by atoms with van der Waals surface area (Å²) in [6, 6.07) is 22.7. The highest BCUT2D eigenvalue weighted by Crippen LogP contribution is 2.23. The van der Waals surface area contributed by atoms with E-state index in [9.17, 15) is 4.39 Å². The molecule has 4 aromatic rings. The van der Waals surface area contributed by atoms with Crippen LogP contribution < -0.4 is 5.32 Å². The largest absolute Gasteiger partial charge is 0.395 e. The van der Waals surface area contributed by atoms with Crippen molar-refractivity contribution in [3.63, 3.8) is 0 Å². The summed E-state index contributed by atoms with van der Waals surface area (Å²) in [4.78, 5) is 5.02. The van der Waals surface area contributed by atoms with E-state index in [1.807, 2.05) is 66.9 Å². The second kappa shape index (κ2) is 10.7. The number of nitrogens with zero attached hydrogens (tertiary/aromatic N) is 1. The summed E-state index contributed by atoms with van der Waals surface area (Å²) in [6.45, 7) is 1.17. The molecule has 0 fully saturated rings. The minimum absolute atomic E-state index is 0.0879. The van der Waals surface area contributed by atoms with Crippen LogP contribution in [0.4, 0.5) is 4.39 Å². The number of rotatable bonds is 5. The molecule has 0 radical (unpaired) electrons. The van der Waals surface area contributed by atoms with Crippen LogP contribution in [0, 0.1) is 5.82 Å². The monoisotopic (exact) mass is 406 g/mol. The Morgan fingerprint density at radius 3 is 2.52 bits per heavy atom. The Balaban J connectivity index is 0.000000186. The number of hydrogen-bond donors (Lipinski definition) is 3. The summed E-state index contributed by atoms with van der Waals surface area (Å²) in [5, 5.41) is 14.0. The van der Waals surface area contributed by atoms with Crippen LogP contribution in [0.25, 0.3) is 21.9 Å². The second-order valence-electron chi connectivity index (χ2n) is 6.45. The van der Waals surface area contributed by atoms with Crippen molar-refractivity contribution in [3.8, 4) is 11.1 Å². The van der Waals surface area contributed by atoms with E-state index in [1.165, 1.54) is 6.07 Å². The van der Waals surface area contributed by atoms with Gasteiger partial charge in [0.2, 0.25) is 0 Å². The van der Waals surface area contributed by atoms with Crippen LogP contribution in [0.15, 0.2) is 90.1 Å². The topological polar surface area (TPSA) is 45.1 Å². The zero-order valence-electron chi connectivity index (χ0n) is 15.9. The van der Waals surface area contributed by atoms with Crippen molar-refractivity contribution >= 4 is 23.4 Å². The van der Waals surface area contributed by atoms with Crippen LogP contribution in [-0.4, -0.2) is 23.2 Å².